The summed E-state index contributed by atoms with van der Waals surface area (Å²) in [5.41, 5.74) is 0.465. The lowest BCUT2D eigenvalue weighted by atomic mass is 10.2. The summed E-state index contributed by atoms with van der Waals surface area (Å²) in [6.07, 6.45) is 0.951. The van der Waals surface area contributed by atoms with Gasteiger partial charge in [0.25, 0.3) is 5.91 Å². The van der Waals surface area contributed by atoms with E-state index in [9.17, 15) is 9.59 Å². The molecule has 0 heterocycles. The highest BCUT2D eigenvalue weighted by Gasteiger charge is 2.09. The summed E-state index contributed by atoms with van der Waals surface area (Å²) in [5, 5.41) is 2.52. The molecule has 0 radical (unpaired) electrons. The highest BCUT2D eigenvalue weighted by atomic mass is 79.9. The quantitative estimate of drug-likeness (QED) is 0.455. The zero-order valence-electron chi connectivity index (χ0n) is 15.1. The van der Waals surface area contributed by atoms with Gasteiger partial charge >= 0.3 is 5.97 Å². The Hall–Kier alpha value is -2.54. The molecule has 0 aromatic heterocycles. The van der Waals surface area contributed by atoms with Crippen LogP contribution >= 0.6 is 15.9 Å². The Morgan fingerprint density at radius 1 is 0.963 bits per heavy atom. The second kappa shape index (κ2) is 11.2. The summed E-state index contributed by atoms with van der Waals surface area (Å²) in [4.78, 5) is 23.6. The first kappa shape index (κ1) is 20.8. The molecular weight excluding hydrogens is 414 g/mol. The molecule has 2 aromatic rings. The standard InChI is InChI=1S/C20H22BrNO5/c1-2-10-25-17-6-8-18(9-7-17)26-11-12-27-19(23)14-22-20(24)15-4-3-5-16(21)13-15/h3-9,13H,2,10-12,14H2,1H3,(H,22,24). The maximum atomic E-state index is 11.9. The molecule has 1 amide bonds. The van der Waals surface area contributed by atoms with Crippen molar-refractivity contribution in [2.45, 2.75) is 13.3 Å². The summed E-state index contributed by atoms with van der Waals surface area (Å²) in [5.74, 6) is 0.592. The summed E-state index contributed by atoms with van der Waals surface area (Å²) in [7, 11) is 0. The van der Waals surface area contributed by atoms with Gasteiger partial charge in [0.05, 0.1) is 6.61 Å². The number of amides is 1. The lowest BCUT2D eigenvalue weighted by Crippen LogP contribution is -2.31. The van der Waals surface area contributed by atoms with Crippen LogP contribution in [-0.4, -0.2) is 38.2 Å². The van der Waals surface area contributed by atoms with Crippen molar-refractivity contribution in [2.24, 2.45) is 0 Å². The van der Waals surface area contributed by atoms with Gasteiger partial charge in [-0.2, -0.15) is 0 Å². The summed E-state index contributed by atoms with van der Waals surface area (Å²) < 4.78 is 16.8. The van der Waals surface area contributed by atoms with Crippen molar-refractivity contribution in [1.29, 1.82) is 0 Å². The van der Waals surface area contributed by atoms with Gasteiger partial charge in [-0.15, -0.1) is 0 Å². The Morgan fingerprint density at radius 2 is 1.63 bits per heavy atom. The van der Waals surface area contributed by atoms with Crippen molar-refractivity contribution in [2.75, 3.05) is 26.4 Å². The van der Waals surface area contributed by atoms with Crippen LogP contribution < -0.4 is 14.8 Å². The monoisotopic (exact) mass is 435 g/mol. The van der Waals surface area contributed by atoms with Gasteiger partial charge in [-0.05, 0) is 48.9 Å². The highest BCUT2D eigenvalue weighted by molar-refractivity contribution is 9.10. The molecule has 0 bridgehead atoms. The fourth-order valence-electron chi connectivity index (χ4n) is 2.10. The van der Waals surface area contributed by atoms with Crippen molar-refractivity contribution >= 4 is 27.8 Å². The van der Waals surface area contributed by atoms with E-state index in [1.54, 1.807) is 30.3 Å². The fraction of sp³-hybridized carbons (Fsp3) is 0.300. The lowest BCUT2D eigenvalue weighted by Gasteiger charge is -2.09. The number of benzene rings is 2. The molecule has 27 heavy (non-hydrogen) atoms. The van der Waals surface area contributed by atoms with Crippen LogP contribution in [0.1, 0.15) is 23.7 Å². The predicted octanol–water partition coefficient (Wildman–Crippen LogP) is 3.59. The molecule has 0 saturated carbocycles. The molecule has 0 fully saturated rings. The zero-order chi connectivity index (χ0) is 19.5. The minimum atomic E-state index is -0.523. The van der Waals surface area contributed by atoms with Crippen LogP contribution in [0.3, 0.4) is 0 Å². The predicted molar refractivity (Wildman–Crippen MR) is 105 cm³/mol. The summed E-state index contributed by atoms with van der Waals surface area (Å²) in [6.45, 7) is 2.84. The van der Waals surface area contributed by atoms with E-state index < -0.39 is 5.97 Å². The van der Waals surface area contributed by atoms with E-state index in [2.05, 4.69) is 21.2 Å². The van der Waals surface area contributed by atoms with E-state index in [1.165, 1.54) is 0 Å². The van der Waals surface area contributed by atoms with Crippen LogP contribution in [0.15, 0.2) is 53.0 Å². The van der Waals surface area contributed by atoms with Crippen LogP contribution in [0.25, 0.3) is 0 Å². The Balaban J connectivity index is 1.62. The van der Waals surface area contributed by atoms with Gasteiger partial charge in [-0.3, -0.25) is 9.59 Å². The van der Waals surface area contributed by atoms with Gasteiger partial charge < -0.3 is 19.5 Å². The SMILES string of the molecule is CCCOc1ccc(OCCOC(=O)CNC(=O)c2cccc(Br)c2)cc1. The van der Waals surface area contributed by atoms with Crippen LogP contribution in [0.4, 0.5) is 0 Å². The summed E-state index contributed by atoms with van der Waals surface area (Å²) >= 11 is 3.29. The Kier molecular flexibility index (Phi) is 8.64. The number of esters is 1. The second-order valence-electron chi connectivity index (χ2n) is 5.58. The minimum absolute atomic E-state index is 0.0969. The Labute approximate surface area is 166 Å². The maximum Gasteiger partial charge on any atom is 0.325 e. The van der Waals surface area contributed by atoms with E-state index in [0.29, 0.717) is 17.9 Å². The van der Waals surface area contributed by atoms with E-state index in [0.717, 1.165) is 16.6 Å². The number of ether oxygens (including phenoxy) is 3. The third-order valence-electron chi connectivity index (χ3n) is 3.39. The molecule has 2 aromatic carbocycles. The van der Waals surface area contributed by atoms with Gasteiger partial charge in [0.1, 0.15) is 31.3 Å². The van der Waals surface area contributed by atoms with Crippen LogP contribution in [-0.2, 0) is 9.53 Å². The first-order chi connectivity index (χ1) is 13.1. The largest absolute Gasteiger partial charge is 0.494 e. The molecule has 7 heteroatoms. The van der Waals surface area contributed by atoms with Gasteiger partial charge in [0.2, 0.25) is 0 Å². The van der Waals surface area contributed by atoms with Gasteiger partial charge in [-0.25, -0.2) is 0 Å². The van der Waals surface area contributed by atoms with E-state index >= 15 is 0 Å². The molecular formula is C20H22BrNO5. The highest BCUT2D eigenvalue weighted by Crippen LogP contribution is 2.17. The average Bonchev–Trinajstić information content (AvgIpc) is 2.68. The third kappa shape index (κ3) is 7.70. The number of hydrogen-bond acceptors (Lipinski definition) is 5. The fourth-order valence-corrected chi connectivity index (χ4v) is 2.50. The smallest absolute Gasteiger partial charge is 0.325 e. The molecule has 1 N–H and O–H groups in total. The van der Waals surface area contributed by atoms with Gasteiger partial charge in [-0.1, -0.05) is 28.9 Å². The molecule has 0 aliphatic rings. The van der Waals surface area contributed by atoms with Crippen LogP contribution in [0, 0.1) is 0 Å². The number of halogens is 1. The van der Waals surface area contributed by atoms with Crippen LogP contribution in [0.5, 0.6) is 11.5 Å². The van der Waals surface area contributed by atoms with E-state index in [-0.39, 0.29) is 25.7 Å². The van der Waals surface area contributed by atoms with Gasteiger partial charge in [0.15, 0.2) is 0 Å². The summed E-state index contributed by atoms with van der Waals surface area (Å²) in [6, 6.07) is 14.2. The van der Waals surface area contributed by atoms with E-state index in [1.807, 2.05) is 25.1 Å². The van der Waals surface area contributed by atoms with Crippen molar-refractivity contribution < 1.29 is 23.8 Å². The topological polar surface area (TPSA) is 73.9 Å². The minimum Gasteiger partial charge on any atom is -0.494 e. The molecule has 144 valence electrons. The zero-order valence-corrected chi connectivity index (χ0v) is 16.7. The number of hydrogen-bond donors (Lipinski definition) is 1. The lowest BCUT2D eigenvalue weighted by molar-refractivity contribution is -0.143. The Bertz CT molecular complexity index is 748. The molecule has 0 aliphatic carbocycles. The number of nitrogens with one attached hydrogen (secondary N) is 1. The van der Waals surface area contributed by atoms with E-state index in [4.69, 9.17) is 14.2 Å². The van der Waals surface area contributed by atoms with Crippen molar-refractivity contribution in [3.05, 3.63) is 58.6 Å². The number of carbonyl (C=O) groups excluding carboxylic acids is 2. The second-order valence-corrected chi connectivity index (χ2v) is 6.50. The Morgan fingerprint density at radius 3 is 2.26 bits per heavy atom. The first-order valence-corrected chi connectivity index (χ1v) is 9.43. The molecule has 0 spiro atoms. The number of rotatable bonds is 10. The van der Waals surface area contributed by atoms with Crippen molar-refractivity contribution in [3.8, 4) is 11.5 Å². The molecule has 0 saturated heterocycles. The average molecular weight is 436 g/mol. The molecule has 0 atom stereocenters. The van der Waals surface area contributed by atoms with Crippen molar-refractivity contribution in [1.82, 2.24) is 5.32 Å². The maximum absolute atomic E-state index is 11.9. The third-order valence-corrected chi connectivity index (χ3v) is 3.89. The molecule has 2 rings (SSSR count). The van der Waals surface area contributed by atoms with Gasteiger partial charge in [0, 0.05) is 10.0 Å². The molecule has 0 unspecified atom stereocenters. The van der Waals surface area contributed by atoms with Crippen LogP contribution in [0.2, 0.25) is 0 Å². The van der Waals surface area contributed by atoms with Crippen molar-refractivity contribution in [3.63, 3.8) is 0 Å². The molecule has 6 nitrogen and oxygen atoms in total. The normalized spacial score (nSPS) is 10.1. The number of carbonyl (C=O) groups is 2. The molecule has 0 aliphatic heterocycles. The first-order valence-electron chi connectivity index (χ1n) is 8.63.